The molecule has 46 heavy (non-hydrogen) atoms. The number of aromatic carboxylic acids is 1. The average molecular weight is 675 g/mol. The van der Waals surface area contributed by atoms with Crippen LogP contribution in [0.15, 0.2) is 34.4 Å². The smallest absolute Gasteiger partial charge is 0.391 e. The molecule has 1 aliphatic heterocycles. The van der Waals surface area contributed by atoms with Gasteiger partial charge in [0, 0.05) is 38.3 Å². The minimum absolute atomic E-state index is 0.0736. The van der Waals surface area contributed by atoms with Crippen LogP contribution in [0.4, 0.5) is 13.2 Å². The maximum atomic E-state index is 13.8. The van der Waals surface area contributed by atoms with Crippen LogP contribution >= 0.6 is 22.9 Å². The van der Waals surface area contributed by atoms with Crippen LogP contribution in [-0.2, 0) is 19.4 Å². The fourth-order valence-electron chi connectivity index (χ4n) is 6.85. The molecule has 1 aromatic carbocycles. The number of benzene rings is 1. The molecular formula is C33H34ClF3N4O4S. The molecule has 1 saturated heterocycles. The van der Waals surface area contributed by atoms with E-state index in [0.29, 0.717) is 69.6 Å². The van der Waals surface area contributed by atoms with E-state index in [4.69, 9.17) is 21.3 Å². The molecule has 8 nitrogen and oxygen atoms in total. The summed E-state index contributed by atoms with van der Waals surface area (Å²) in [7, 11) is 0. The zero-order chi connectivity index (χ0) is 33.0. The number of fused-ring (bicyclic) bond motifs is 2. The molecule has 1 aliphatic carbocycles. The van der Waals surface area contributed by atoms with Crippen molar-refractivity contribution in [1.29, 1.82) is 0 Å². The van der Waals surface area contributed by atoms with Gasteiger partial charge in [-0.05, 0) is 90.2 Å². The first-order valence-electron chi connectivity index (χ1n) is 15.2. The highest BCUT2D eigenvalue weighted by molar-refractivity contribution is 7.18. The van der Waals surface area contributed by atoms with Gasteiger partial charge in [0.05, 0.1) is 33.9 Å². The number of hydrogen-bond acceptors (Lipinski definition) is 7. The second-order valence-corrected chi connectivity index (χ2v) is 13.8. The predicted octanol–water partition coefficient (Wildman–Crippen LogP) is 7.09. The molecule has 1 atom stereocenters. The number of hydrogen-bond donors (Lipinski definition) is 1. The monoisotopic (exact) mass is 674 g/mol. The van der Waals surface area contributed by atoms with Crippen LogP contribution in [0.1, 0.15) is 59.3 Å². The second-order valence-electron chi connectivity index (χ2n) is 12.5. The molecule has 0 saturated carbocycles. The Bertz CT molecular complexity index is 1880. The Balaban J connectivity index is 1.22. The lowest BCUT2D eigenvalue weighted by atomic mass is 9.78. The van der Waals surface area contributed by atoms with Gasteiger partial charge in [0.1, 0.15) is 18.2 Å². The van der Waals surface area contributed by atoms with Crippen molar-refractivity contribution in [2.45, 2.75) is 71.1 Å². The van der Waals surface area contributed by atoms with Crippen molar-refractivity contribution < 1.29 is 27.8 Å². The van der Waals surface area contributed by atoms with E-state index in [2.05, 4.69) is 9.88 Å². The number of carbonyl (C=O) groups is 1. The highest BCUT2D eigenvalue weighted by Gasteiger charge is 2.45. The van der Waals surface area contributed by atoms with Gasteiger partial charge in [-0.3, -0.25) is 19.2 Å². The Kier molecular flexibility index (Phi) is 8.66. The van der Waals surface area contributed by atoms with E-state index in [0.717, 1.165) is 17.7 Å². The van der Waals surface area contributed by atoms with Crippen molar-refractivity contribution in [3.8, 4) is 16.9 Å². The Morgan fingerprint density at radius 2 is 1.91 bits per heavy atom. The maximum Gasteiger partial charge on any atom is 0.391 e. The van der Waals surface area contributed by atoms with E-state index < -0.39 is 23.6 Å². The largest absolute Gasteiger partial charge is 0.491 e. The molecule has 6 rings (SSSR count). The number of thiophene rings is 1. The summed E-state index contributed by atoms with van der Waals surface area (Å²) in [6.07, 6.45) is -2.26. The normalized spacial score (nSPS) is 19.4. The van der Waals surface area contributed by atoms with E-state index >= 15 is 0 Å². The molecule has 13 heteroatoms. The Labute approximate surface area is 272 Å². The summed E-state index contributed by atoms with van der Waals surface area (Å²) < 4.78 is 48.4. The number of nitrogens with zero attached hydrogens (tertiary/aromatic N) is 4. The van der Waals surface area contributed by atoms with Crippen LogP contribution in [0.25, 0.3) is 21.3 Å². The van der Waals surface area contributed by atoms with E-state index in [1.807, 2.05) is 13.0 Å². The van der Waals surface area contributed by atoms with Gasteiger partial charge in [-0.1, -0.05) is 11.6 Å². The molecule has 4 aromatic rings. The number of ether oxygens (including phenoxy) is 1. The Morgan fingerprint density at radius 3 is 2.61 bits per heavy atom. The molecule has 0 radical (unpaired) electrons. The number of aromatic nitrogens is 3. The van der Waals surface area contributed by atoms with Gasteiger partial charge < -0.3 is 9.84 Å². The highest BCUT2D eigenvalue weighted by atomic mass is 35.5. The summed E-state index contributed by atoms with van der Waals surface area (Å²) in [4.78, 5) is 37.0. The Hall–Kier alpha value is -3.48. The summed E-state index contributed by atoms with van der Waals surface area (Å²) >= 11 is 7.68. The summed E-state index contributed by atoms with van der Waals surface area (Å²) in [5, 5.41) is 11.7. The van der Waals surface area contributed by atoms with Crippen molar-refractivity contribution in [2.75, 3.05) is 19.7 Å². The SMILES string of the molecule is Cc1cc(-c2cc(Cl)ccc2OCCn2c(C)nc3c(c2=O)C[C@@](C)(N2CCC(C(F)(F)F)CC2)CC3)c2scc(C(=O)O)c2n1. The molecule has 0 bridgehead atoms. The van der Waals surface area contributed by atoms with Gasteiger partial charge >= 0.3 is 12.1 Å². The lowest BCUT2D eigenvalue weighted by Gasteiger charge is -2.47. The number of likely N-dealkylation sites (tertiary alicyclic amines) is 1. The first kappa shape index (κ1) is 32.5. The quantitative estimate of drug-likeness (QED) is 0.224. The number of halogens is 4. The first-order valence-corrected chi connectivity index (χ1v) is 16.5. The van der Waals surface area contributed by atoms with Crippen LogP contribution in [0.5, 0.6) is 5.75 Å². The zero-order valence-electron chi connectivity index (χ0n) is 25.7. The van der Waals surface area contributed by atoms with Crippen molar-refractivity contribution in [2.24, 2.45) is 5.92 Å². The summed E-state index contributed by atoms with van der Waals surface area (Å²) in [5.41, 5.74) is 3.42. The number of alkyl halides is 3. The molecule has 1 fully saturated rings. The average Bonchev–Trinajstić information content (AvgIpc) is 3.43. The molecule has 2 aliphatic rings. The van der Waals surface area contributed by atoms with Crippen molar-refractivity contribution in [1.82, 2.24) is 19.4 Å². The predicted molar refractivity (Wildman–Crippen MR) is 171 cm³/mol. The number of rotatable bonds is 7. The van der Waals surface area contributed by atoms with Gasteiger partial charge in [-0.2, -0.15) is 13.2 Å². The van der Waals surface area contributed by atoms with Crippen molar-refractivity contribution in [3.63, 3.8) is 0 Å². The van der Waals surface area contributed by atoms with Gasteiger partial charge in [-0.25, -0.2) is 9.78 Å². The van der Waals surface area contributed by atoms with Crippen molar-refractivity contribution in [3.05, 3.63) is 73.4 Å². The topological polar surface area (TPSA) is 97.6 Å². The van der Waals surface area contributed by atoms with Crippen LogP contribution < -0.4 is 10.3 Å². The summed E-state index contributed by atoms with van der Waals surface area (Å²) in [6.45, 7) is 6.72. The third-order valence-corrected chi connectivity index (χ3v) is 10.6. The zero-order valence-corrected chi connectivity index (χ0v) is 27.3. The molecule has 244 valence electrons. The molecular weight excluding hydrogens is 641 g/mol. The minimum Gasteiger partial charge on any atom is -0.491 e. The van der Waals surface area contributed by atoms with Gasteiger partial charge in [0.25, 0.3) is 5.56 Å². The van der Waals surface area contributed by atoms with Crippen LogP contribution in [0, 0.1) is 19.8 Å². The molecule has 0 unspecified atom stereocenters. The van der Waals surface area contributed by atoms with Crippen molar-refractivity contribution >= 4 is 39.1 Å². The molecule has 3 aromatic heterocycles. The lowest BCUT2D eigenvalue weighted by molar-refractivity contribution is -0.188. The lowest BCUT2D eigenvalue weighted by Crippen LogP contribution is -2.55. The number of pyridine rings is 1. The molecule has 0 spiro atoms. The first-order chi connectivity index (χ1) is 21.7. The van der Waals surface area contributed by atoms with Gasteiger partial charge in [-0.15, -0.1) is 11.3 Å². The van der Waals surface area contributed by atoms with E-state index in [9.17, 15) is 27.9 Å². The Morgan fingerprint density at radius 1 is 1.17 bits per heavy atom. The fourth-order valence-corrected chi connectivity index (χ4v) is 8.04. The maximum absolute atomic E-state index is 13.8. The van der Waals surface area contributed by atoms with Crippen LogP contribution in [0.2, 0.25) is 5.02 Å². The molecule has 4 heterocycles. The standard InChI is InChI=1S/C33H34ClF3N4O4S/c1-18-14-23(29-28(38-18)25(17-46-29)31(43)44)22-15-21(34)4-5-27(22)45-13-12-41-19(2)39-26-6-9-32(3,16-24(26)30(41)42)40-10-7-20(8-11-40)33(35,36)37/h4-5,14-15,17,20H,6-13,16H2,1-3H3,(H,43,44)/t32-/m0/s1. The van der Waals surface area contributed by atoms with Gasteiger partial charge in [0.2, 0.25) is 0 Å². The van der Waals surface area contributed by atoms with Crippen LogP contribution in [-0.4, -0.2) is 61.9 Å². The molecule has 0 amide bonds. The molecule has 1 N–H and O–H groups in total. The van der Waals surface area contributed by atoms with E-state index in [-0.39, 0.29) is 37.1 Å². The third kappa shape index (κ3) is 6.14. The summed E-state index contributed by atoms with van der Waals surface area (Å²) in [6, 6.07) is 7.09. The minimum atomic E-state index is -4.17. The highest BCUT2D eigenvalue weighted by Crippen LogP contribution is 2.41. The van der Waals surface area contributed by atoms with E-state index in [1.165, 1.54) is 11.3 Å². The second kappa shape index (κ2) is 12.3. The van der Waals surface area contributed by atoms with E-state index in [1.54, 1.807) is 42.0 Å². The fraction of sp³-hybridized carbons (Fsp3) is 0.455. The number of piperidine rings is 1. The number of carboxylic acids is 1. The van der Waals surface area contributed by atoms with Gasteiger partial charge in [0.15, 0.2) is 0 Å². The number of aryl methyl sites for hydroxylation is 3. The third-order valence-electron chi connectivity index (χ3n) is 9.40. The number of carboxylic acid groups (broad SMARTS) is 1. The van der Waals surface area contributed by atoms with Crippen LogP contribution in [0.3, 0.4) is 0 Å². The summed E-state index contributed by atoms with van der Waals surface area (Å²) in [5.74, 6) is -1.23.